The molecule has 1 amide bonds. The Labute approximate surface area is 93.1 Å². The van der Waals surface area contributed by atoms with Crippen molar-refractivity contribution in [2.24, 2.45) is 11.5 Å². The Bertz CT molecular complexity index is 366. The van der Waals surface area contributed by atoms with Gasteiger partial charge >= 0.3 is 0 Å². The molecule has 0 fully saturated rings. The number of halogens is 1. The normalized spacial score (nSPS) is 12.2. The quantitative estimate of drug-likeness (QED) is 0.814. The third-order valence-corrected chi connectivity index (χ3v) is 2.15. The van der Waals surface area contributed by atoms with Crippen LogP contribution in [0.25, 0.3) is 0 Å². The summed E-state index contributed by atoms with van der Waals surface area (Å²) in [6, 6.07) is 5.09. The summed E-state index contributed by atoms with van der Waals surface area (Å²) in [7, 11) is 0. The number of carbonyl (C=O) groups is 1. The van der Waals surface area contributed by atoms with E-state index in [0.717, 1.165) is 5.56 Å². The van der Waals surface area contributed by atoms with E-state index in [1.165, 1.54) is 0 Å². The van der Waals surface area contributed by atoms with E-state index in [9.17, 15) is 4.79 Å². The van der Waals surface area contributed by atoms with Gasteiger partial charge in [0.25, 0.3) is 5.91 Å². The van der Waals surface area contributed by atoms with Crippen LogP contribution in [0.2, 0.25) is 5.02 Å². The maximum Gasteiger partial charge on any atom is 0.255 e. The summed E-state index contributed by atoms with van der Waals surface area (Å²) in [6.45, 7) is 1.67. The van der Waals surface area contributed by atoms with E-state index in [1.54, 1.807) is 18.2 Å². The van der Waals surface area contributed by atoms with Gasteiger partial charge in [0.2, 0.25) is 0 Å². The molecule has 0 aromatic heterocycles. The third-order valence-electron chi connectivity index (χ3n) is 1.85. The summed E-state index contributed by atoms with van der Waals surface area (Å²) in [5.41, 5.74) is 11.5. The van der Waals surface area contributed by atoms with Gasteiger partial charge in [0, 0.05) is 6.04 Å². The standard InChI is InChI=1S/C10H13ClN2O2/c1-6(12)7-2-3-9(8(11)4-7)15-5-10(13)14/h2-4,6H,5,12H2,1H3,(H2,13,14)/t6-/m0/s1. The first-order valence-corrected chi connectivity index (χ1v) is 4.84. The number of ether oxygens (including phenoxy) is 1. The number of hydrogen-bond donors (Lipinski definition) is 2. The maximum absolute atomic E-state index is 10.5. The summed E-state index contributed by atoms with van der Waals surface area (Å²) in [5, 5.41) is 0.422. The van der Waals surface area contributed by atoms with E-state index < -0.39 is 5.91 Å². The molecule has 0 radical (unpaired) electrons. The molecular formula is C10H13ClN2O2. The smallest absolute Gasteiger partial charge is 0.255 e. The summed E-state index contributed by atoms with van der Waals surface area (Å²) >= 11 is 5.92. The number of amides is 1. The molecule has 1 aromatic rings. The summed E-state index contributed by atoms with van der Waals surface area (Å²) in [5.74, 6) is -0.109. The number of rotatable bonds is 4. The first kappa shape index (κ1) is 11.8. The highest BCUT2D eigenvalue weighted by Crippen LogP contribution is 2.27. The second-order valence-electron chi connectivity index (χ2n) is 3.23. The van der Waals surface area contributed by atoms with Crippen molar-refractivity contribution in [3.05, 3.63) is 28.8 Å². The predicted molar refractivity (Wildman–Crippen MR) is 58.7 cm³/mol. The van der Waals surface area contributed by atoms with Crippen molar-refractivity contribution in [1.82, 2.24) is 0 Å². The van der Waals surface area contributed by atoms with E-state index in [0.29, 0.717) is 10.8 Å². The van der Waals surface area contributed by atoms with Gasteiger partial charge in [0.15, 0.2) is 6.61 Å². The average Bonchev–Trinajstić information content (AvgIpc) is 2.15. The fraction of sp³-hybridized carbons (Fsp3) is 0.300. The lowest BCUT2D eigenvalue weighted by molar-refractivity contribution is -0.119. The Balaban J connectivity index is 2.79. The van der Waals surface area contributed by atoms with Crippen LogP contribution >= 0.6 is 11.6 Å². The zero-order chi connectivity index (χ0) is 11.4. The minimum Gasteiger partial charge on any atom is -0.482 e. The number of hydrogen-bond acceptors (Lipinski definition) is 3. The van der Waals surface area contributed by atoms with Crippen molar-refractivity contribution in [2.45, 2.75) is 13.0 Å². The van der Waals surface area contributed by atoms with Crippen LogP contribution in [0.4, 0.5) is 0 Å². The molecule has 1 atom stereocenters. The van der Waals surface area contributed by atoms with Gasteiger partial charge in [-0.05, 0) is 24.6 Å². The van der Waals surface area contributed by atoms with Crippen LogP contribution in [0.15, 0.2) is 18.2 Å². The van der Waals surface area contributed by atoms with E-state index in [-0.39, 0.29) is 12.6 Å². The molecule has 0 unspecified atom stereocenters. The molecule has 0 heterocycles. The molecule has 5 heteroatoms. The minimum absolute atomic E-state index is 0.0901. The number of benzene rings is 1. The molecule has 82 valence electrons. The second-order valence-corrected chi connectivity index (χ2v) is 3.64. The van der Waals surface area contributed by atoms with Crippen molar-refractivity contribution in [3.63, 3.8) is 0 Å². The van der Waals surface area contributed by atoms with E-state index in [4.69, 9.17) is 27.8 Å². The van der Waals surface area contributed by atoms with Crippen molar-refractivity contribution in [2.75, 3.05) is 6.61 Å². The van der Waals surface area contributed by atoms with Crippen LogP contribution in [0, 0.1) is 0 Å². The summed E-state index contributed by atoms with van der Waals surface area (Å²) in [6.07, 6.45) is 0. The largest absolute Gasteiger partial charge is 0.482 e. The van der Waals surface area contributed by atoms with Gasteiger partial charge < -0.3 is 16.2 Å². The SMILES string of the molecule is C[C@H](N)c1ccc(OCC(N)=O)c(Cl)c1. The summed E-state index contributed by atoms with van der Waals surface area (Å²) < 4.78 is 5.09. The van der Waals surface area contributed by atoms with Crippen molar-refractivity contribution >= 4 is 17.5 Å². The molecule has 0 aliphatic carbocycles. The molecule has 0 saturated heterocycles. The predicted octanol–water partition coefficient (Wildman–Crippen LogP) is 1.22. The Morgan fingerprint density at radius 2 is 2.27 bits per heavy atom. The highest BCUT2D eigenvalue weighted by molar-refractivity contribution is 6.32. The van der Waals surface area contributed by atoms with Gasteiger partial charge in [-0.3, -0.25) is 4.79 Å². The van der Waals surface area contributed by atoms with Crippen LogP contribution in [0.3, 0.4) is 0 Å². The number of nitrogens with two attached hydrogens (primary N) is 2. The maximum atomic E-state index is 10.5. The van der Waals surface area contributed by atoms with E-state index >= 15 is 0 Å². The Hall–Kier alpha value is -1.26. The van der Waals surface area contributed by atoms with E-state index in [2.05, 4.69) is 0 Å². The molecule has 4 N–H and O–H groups in total. The fourth-order valence-corrected chi connectivity index (χ4v) is 1.31. The highest BCUT2D eigenvalue weighted by atomic mass is 35.5. The van der Waals surface area contributed by atoms with Gasteiger partial charge in [0.05, 0.1) is 5.02 Å². The van der Waals surface area contributed by atoms with Gasteiger partial charge in [-0.25, -0.2) is 0 Å². The summed E-state index contributed by atoms with van der Waals surface area (Å²) in [4.78, 5) is 10.5. The second kappa shape index (κ2) is 5.00. The molecule has 0 aliphatic rings. The molecule has 0 aliphatic heterocycles. The van der Waals surface area contributed by atoms with Crippen LogP contribution in [0.5, 0.6) is 5.75 Å². The minimum atomic E-state index is -0.540. The zero-order valence-electron chi connectivity index (χ0n) is 8.37. The Morgan fingerprint density at radius 1 is 1.60 bits per heavy atom. The molecule has 0 spiro atoms. The first-order chi connectivity index (χ1) is 7.00. The van der Waals surface area contributed by atoms with Crippen LogP contribution in [-0.4, -0.2) is 12.5 Å². The Morgan fingerprint density at radius 3 is 2.73 bits per heavy atom. The van der Waals surface area contributed by atoms with Gasteiger partial charge in [-0.1, -0.05) is 17.7 Å². The van der Waals surface area contributed by atoms with Gasteiger partial charge in [0.1, 0.15) is 5.75 Å². The highest BCUT2D eigenvalue weighted by Gasteiger charge is 2.06. The number of carbonyl (C=O) groups excluding carboxylic acids is 1. The molecule has 0 saturated carbocycles. The molecule has 4 nitrogen and oxygen atoms in total. The number of primary amides is 1. The van der Waals surface area contributed by atoms with E-state index in [1.807, 2.05) is 6.92 Å². The van der Waals surface area contributed by atoms with Crippen molar-refractivity contribution in [1.29, 1.82) is 0 Å². The van der Waals surface area contributed by atoms with Crippen LogP contribution in [0.1, 0.15) is 18.5 Å². The fourth-order valence-electron chi connectivity index (χ4n) is 1.07. The molecular weight excluding hydrogens is 216 g/mol. The lowest BCUT2D eigenvalue weighted by Crippen LogP contribution is -2.20. The lowest BCUT2D eigenvalue weighted by atomic mass is 10.1. The van der Waals surface area contributed by atoms with Crippen molar-refractivity contribution < 1.29 is 9.53 Å². The molecule has 1 aromatic carbocycles. The Kier molecular flexibility index (Phi) is 3.94. The lowest BCUT2D eigenvalue weighted by Gasteiger charge is -2.09. The first-order valence-electron chi connectivity index (χ1n) is 4.47. The van der Waals surface area contributed by atoms with Crippen LogP contribution < -0.4 is 16.2 Å². The molecule has 0 bridgehead atoms. The van der Waals surface area contributed by atoms with Gasteiger partial charge in [-0.15, -0.1) is 0 Å². The van der Waals surface area contributed by atoms with Gasteiger partial charge in [-0.2, -0.15) is 0 Å². The monoisotopic (exact) mass is 228 g/mol. The average molecular weight is 229 g/mol. The third kappa shape index (κ3) is 3.42. The zero-order valence-corrected chi connectivity index (χ0v) is 9.12. The topological polar surface area (TPSA) is 78.3 Å². The molecule has 1 rings (SSSR count). The molecule has 15 heavy (non-hydrogen) atoms. The van der Waals surface area contributed by atoms with Crippen LogP contribution in [-0.2, 0) is 4.79 Å². The van der Waals surface area contributed by atoms with Crippen molar-refractivity contribution in [3.8, 4) is 5.75 Å².